The summed E-state index contributed by atoms with van der Waals surface area (Å²) < 4.78 is 42.2. The molecule has 0 fully saturated rings. The number of aromatic nitrogens is 5. The molecule has 170 valence electrons. The second-order valence-electron chi connectivity index (χ2n) is 7.19. The number of nitrogens with zero attached hydrogens (tertiary/aromatic N) is 5. The maximum atomic E-state index is 13.2. The van der Waals surface area contributed by atoms with Crippen LogP contribution < -0.4 is 10.9 Å². The number of hydrogen-bond acceptors (Lipinski definition) is 6. The Hall–Kier alpha value is -3.67. The molecule has 12 heteroatoms. The number of benzene rings is 2. The first-order valence-corrected chi connectivity index (χ1v) is 10.6. The van der Waals surface area contributed by atoms with Crippen LogP contribution in [-0.4, -0.2) is 36.0 Å². The molecule has 0 unspecified atom stereocenters. The van der Waals surface area contributed by atoms with E-state index >= 15 is 0 Å². The van der Waals surface area contributed by atoms with Crippen molar-refractivity contribution in [3.8, 4) is 5.69 Å². The monoisotopic (exact) mass is 474 g/mol. The van der Waals surface area contributed by atoms with Gasteiger partial charge in [-0.1, -0.05) is 23.4 Å². The van der Waals surface area contributed by atoms with Crippen LogP contribution in [0.15, 0.2) is 59.0 Å². The van der Waals surface area contributed by atoms with Crippen LogP contribution in [0.25, 0.3) is 16.6 Å². The molecule has 0 aliphatic rings. The third-order valence-corrected chi connectivity index (χ3v) is 5.82. The van der Waals surface area contributed by atoms with Crippen molar-refractivity contribution < 1.29 is 18.0 Å². The lowest BCUT2D eigenvalue weighted by Gasteiger charge is -2.14. The van der Waals surface area contributed by atoms with Gasteiger partial charge >= 0.3 is 6.18 Å². The number of alkyl halides is 3. The Morgan fingerprint density at radius 1 is 1.18 bits per heavy atom. The quantitative estimate of drug-likeness (QED) is 0.351. The number of carbonyl (C=O) groups excluding carboxylic acids is 1. The molecule has 0 aliphatic carbocycles. The van der Waals surface area contributed by atoms with Gasteiger partial charge < -0.3 is 5.32 Å². The van der Waals surface area contributed by atoms with Crippen LogP contribution in [0.5, 0.6) is 0 Å². The van der Waals surface area contributed by atoms with Crippen LogP contribution in [0.4, 0.5) is 18.9 Å². The van der Waals surface area contributed by atoms with Gasteiger partial charge in [-0.05, 0) is 37.3 Å². The fraction of sp³-hybridized carbons (Fsp3) is 0.190. The average molecular weight is 474 g/mol. The van der Waals surface area contributed by atoms with Crippen LogP contribution in [0, 0.1) is 6.92 Å². The van der Waals surface area contributed by atoms with E-state index in [1.54, 1.807) is 19.2 Å². The molecule has 0 radical (unpaired) electrons. The van der Waals surface area contributed by atoms with E-state index in [-0.39, 0.29) is 22.7 Å². The molecular formula is C21H17F3N6O2S. The maximum absolute atomic E-state index is 13.2. The van der Waals surface area contributed by atoms with Crippen LogP contribution >= 0.6 is 11.8 Å². The van der Waals surface area contributed by atoms with Gasteiger partial charge in [-0.25, -0.2) is 14.6 Å². The standard InChI is InChI=1S/C21H17F3N6O2S/c1-12-3-5-15-14(7-12)19(32)29(2)20(28-15)33-9-18(31)27-16-8-13(21(22,23)24)4-6-17(16)30-11-25-10-26-30/h3-8,10-11H,9H2,1-2H3,(H,27,31). The predicted molar refractivity (Wildman–Crippen MR) is 117 cm³/mol. The number of halogens is 3. The van der Waals surface area contributed by atoms with E-state index in [9.17, 15) is 22.8 Å². The molecule has 2 heterocycles. The maximum Gasteiger partial charge on any atom is 0.416 e. The van der Waals surface area contributed by atoms with Gasteiger partial charge in [0.1, 0.15) is 12.7 Å². The van der Waals surface area contributed by atoms with Gasteiger partial charge in [0.15, 0.2) is 5.16 Å². The van der Waals surface area contributed by atoms with Crippen molar-refractivity contribution in [3.63, 3.8) is 0 Å². The molecule has 1 N–H and O–H groups in total. The minimum Gasteiger partial charge on any atom is -0.323 e. The summed E-state index contributed by atoms with van der Waals surface area (Å²) >= 11 is 1.00. The molecule has 4 rings (SSSR count). The number of rotatable bonds is 5. The summed E-state index contributed by atoms with van der Waals surface area (Å²) in [6.45, 7) is 1.87. The average Bonchev–Trinajstić information content (AvgIpc) is 3.30. The van der Waals surface area contributed by atoms with Crippen molar-refractivity contribution in [1.82, 2.24) is 24.3 Å². The molecule has 0 aliphatic heterocycles. The fourth-order valence-electron chi connectivity index (χ4n) is 3.15. The van der Waals surface area contributed by atoms with Crippen molar-refractivity contribution in [1.29, 1.82) is 0 Å². The first kappa shape index (κ1) is 22.5. The minimum atomic E-state index is -4.58. The number of anilines is 1. The lowest BCUT2D eigenvalue weighted by molar-refractivity contribution is -0.137. The highest BCUT2D eigenvalue weighted by Crippen LogP contribution is 2.33. The molecule has 0 saturated heterocycles. The van der Waals surface area contributed by atoms with Gasteiger partial charge in [0.25, 0.3) is 5.56 Å². The second-order valence-corrected chi connectivity index (χ2v) is 8.13. The summed E-state index contributed by atoms with van der Waals surface area (Å²) in [4.78, 5) is 33.5. The summed E-state index contributed by atoms with van der Waals surface area (Å²) in [5, 5.41) is 7.19. The SMILES string of the molecule is Cc1ccc2nc(SCC(=O)Nc3cc(C(F)(F)F)ccc3-n3cncn3)n(C)c(=O)c2c1. The van der Waals surface area contributed by atoms with E-state index in [2.05, 4.69) is 20.4 Å². The smallest absolute Gasteiger partial charge is 0.323 e. The molecule has 0 atom stereocenters. The molecule has 0 spiro atoms. The number of aryl methyl sites for hydroxylation is 1. The summed E-state index contributed by atoms with van der Waals surface area (Å²) in [5.41, 5.74) is 0.409. The number of fused-ring (bicyclic) bond motifs is 1. The molecule has 4 aromatic rings. The van der Waals surface area contributed by atoms with Crippen molar-refractivity contribution in [2.75, 3.05) is 11.1 Å². The topological polar surface area (TPSA) is 94.7 Å². The van der Waals surface area contributed by atoms with Gasteiger partial charge in [0.05, 0.1) is 33.6 Å². The fourth-order valence-corrected chi connectivity index (χ4v) is 3.93. The molecule has 0 bridgehead atoms. The van der Waals surface area contributed by atoms with E-state index < -0.39 is 17.6 Å². The minimum absolute atomic E-state index is 0.0724. The van der Waals surface area contributed by atoms with Crippen LogP contribution in [0.1, 0.15) is 11.1 Å². The zero-order valence-corrected chi connectivity index (χ0v) is 18.2. The Morgan fingerprint density at radius 3 is 2.67 bits per heavy atom. The lowest BCUT2D eigenvalue weighted by Crippen LogP contribution is -2.22. The van der Waals surface area contributed by atoms with Gasteiger partial charge in [0.2, 0.25) is 5.91 Å². The van der Waals surface area contributed by atoms with Crippen molar-refractivity contribution in [3.05, 3.63) is 70.5 Å². The number of thioether (sulfide) groups is 1. The van der Waals surface area contributed by atoms with Crippen molar-refractivity contribution in [2.24, 2.45) is 7.05 Å². The highest BCUT2D eigenvalue weighted by molar-refractivity contribution is 7.99. The molecule has 0 saturated carbocycles. The Morgan fingerprint density at radius 2 is 1.97 bits per heavy atom. The van der Waals surface area contributed by atoms with Crippen LogP contribution in [-0.2, 0) is 18.0 Å². The van der Waals surface area contributed by atoms with Gasteiger partial charge in [0, 0.05) is 7.05 Å². The highest BCUT2D eigenvalue weighted by atomic mass is 32.2. The summed E-state index contributed by atoms with van der Waals surface area (Å²) in [5.74, 6) is -0.746. The van der Waals surface area contributed by atoms with Gasteiger partial charge in [-0.2, -0.15) is 18.3 Å². The molecule has 2 aromatic carbocycles. The Kier molecular flexibility index (Phi) is 5.93. The van der Waals surface area contributed by atoms with Crippen LogP contribution in [0.2, 0.25) is 0 Å². The summed E-state index contributed by atoms with van der Waals surface area (Å²) in [7, 11) is 1.55. The summed E-state index contributed by atoms with van der Waals surface area (Å²) in [6, 6.07) is 8.24. The first-order chi connectivity index (χ1) is 15.6. The normalized spacial score (nSPS) is 11.7. The van der Waals surface area contributed by atoms with Crippen molar-refractivity contribution in [2.45, 2.75) is 18.3 Å². The van der Waals surface area contributed by atoms with Gasteiger partial charge in [-0.15, -0.1) is 0 Å². The molecule has 8 nitrogen and oxygen atoms in total. The number of hydrogen-bond donors (Lipinski definition) is 1. The van der Waals surface area contributed by atoms with E-state index in [0.29, 0.717) is 16.1 Å². The molecule has 2 aromatic heterocycles. The van der Waals surface area contributed by atoms with E-state index in [1.807, 2.05) is 13.0 Å². The second kappa shape index (κ2) is 8.70. The largest absolute Gasteiger partial charge is 0.416 e. The highest BCUT2D eigenvalue weighted by Gasteiger charge is 2.31. The third kappa shape index (κ3) is 4.75. The van der Waals surface area contributed by atoms with Crippen LogP contribution in [0.3, 0.4) is 0 Å². The molecule has 1 amide bonds. The lowest BCUT2D eigenvalue weighted by atomic mass is 10.1. The van der Waals surface area contributed by atoms with E-state index in [4.69, 9.17) is 0 Å². The molecular weight excluding hydrogens is 457 g/mol. The predicted octanol–water partition coefficient (Wildman–Crippen LogP) is 3.57. The zero-order valence-electron chi connectivity index (χ0n) is 17.4. The summed E-state index contributed by atoms with van der Waals surface area (Å²) in [6.07, 6.45) is -2.04. The number of carbonyl (C=O) groups is 1. The number of amides is 1. The van der Waals surface area contributed by atoms with Gasteiger partial charge in [-0.3, -0.25) is 14.2 Å². The Bertz CT molecular complexity index is 1400. The van der Waals surface area contributed by atoms with E-state index in [0.717, 1.165) is 29.5 Å². The number of nitrogens with one attached hydrogen (secondary N) is 1. The Balaban J connectivity index is 1.58. The zero-order chi connectivity index (χ0) is 23.8. The third-order valence-electron chi connectivity index (χ3n) is 4.79. The Labute approximate surface area is 189 Å². The van der Waals surface area contributed by atoms with Crippen molar-refractivity contribution >= 4 is 34.3 Å². The first-order valence-electron chi connectivity index (χ1n) is 9.60. The molecule has 33 heavy (non-hydrogen) atoms. The van der Waals surface area contributed by atoms with E-state index in [1.165, 1.54) is 28.0 Å².